The fourth-order valence-electron chi connectivity index (χ4n) is 3.68. The Morgan fingerprint density at radius 1 is 0.939 bits per heavy atom. The van der Waals surface area contributed by atoms with Crippen molar-refractivity contribution in [1.29, 1.82) is 0 Å². The molecule has 0 amide bonds. The monoisotopic (exact) mass is 453 g/mol. The molecule has 33 heavy (non-hydrogen) atoms. The van der Waals surface area contributed by atoms with E-state index in [4.69, 9.17) is 28.9 Å². The van der Waals surface area contributed by atoms with Gasteiger partial charge in [-0.05, 0) is 18.2 Å². The fraction of sp³-hybridized carbons (Fsp3) is 0.417. The van der Waals surface area contributed by atoms with Gasteiger partial charge in [-0.3, -0.25) is 4.90 Å². The van der Waals surface area contributed by atoms with Gasteiger partial charge in [0.1, 0.15) is 18.2 Å². The Hall–Kier alpha value is -3.30. The number of fused-ring (bicyclic) bond motifs is 1. The molecule has 1 aliphatic heterocycles. The summed E-state index contributed by atoms with van der Waals surface area (Å²) in [6.07, 6.45) is 0. The third kappa shape index (κ3) is 6.15. The lowest BCUT2D eigenvalue weighted by molar-refractivity contribution is 0.0398. The molecule has 9 nitrogen and oxygen atoms in total. The molecule has 176 valence electrons. The fourth-order valence-corrected chi connectivity index (χ4v) is 3.68. The van der Waals surface area contributed by atoms with Gasteiger partial charge in [-0.25, -0.2) is 4.98 Å². The lowest BCUT2D eigenvalue weighted by atomic mass is 10.2. The first-order valence-electron chi connectivity index (χ1n) is 11.2. The second-order valence-electron chi connectivity index (χ2n) is 7.59. The zero-order valence-corrected chi connectivity index (χ0v) is 19.2. The predicted molar refractivity (Wildman–Crippen MR) is 129 cm³/mol. The summed E-state index contributed by atoms with van der Waals surface area (Å²) in [4.78, 5) is 11.8. The first-order chi connectivity index (χ1) is 16.3. The average molecular weight is 454 g/mol. The van der Waals surface area contributed by atoms with Crippen molar-refractivity contribution in [2.45, 2.75) is 0 Å². The van der Waals surface area contributed by atoms with Crippen LogP contribution >= 0.6 is 0 Å². The van der Waals surface area contributed by atoms with Crippen LogP contribution in [0.5, 0.6) is 17.2 Å². The number of nitrogens with one attached hydrogen (secondary N) is 2. The summed E-state index contributed by atoms with van der Waals surface area (Å²) >= 11 is 0. The molecule has 0 spiro atoms. The van der Waals surface area contributed by atoms with E-state index >= 15 is 0 Å². The molecule has 1 aliphatic rings. The van der Waals surface area contributed by atoms with Crippen LogP contribution in [0.1, 0.15) is 0 Å². The van der Waals surface area contributed by atoms with Crippen molar-refractivity contribution in [3.63, 3.8) is 0 Å². The topological polar surface area (TPSA) is 90.0 Å². The molecule has 1 fully saturated rings. The van der Waals surface area contributed by atoms with Gasteiger partial charge in [-0.15, -0.1) is 0 Å². The van der Waals surface area contributed by atoms with E-state index in [1.165, 1.54) is 0 Å². The Kier molecular flexibility index (Phi) is 7.99. The number of hydrogen-bond acceptors (Lipinski definition) is 9. The van der Waals surface area contributed by atoms with Gasteiger partial charge in [0.15, 0.2) is 11.5 Å². The van der Waals surface area contributed by atoms with Gasteiger partial charge in [0.25, 0.3) is 0 Å². The molecule has 0 bridgehead atoms. The Morgan fingerprint density at radius 2 is 1.70 bits per heavy atom. The minimum Gasteiger partial charge on any atom is -0.493 e. The minimum atomic E-state index is 0.503. The summed E-state index contributed by atoms with van der Waals surface area (Å²) in [5.41, 5.74) is 0.767. The lowest BCUT2D eigenvalue weighted by Crippen LogP contribution is -2.39. The quantitative estimate of drug-likeness (QED) is 0.425. The number of nitrogens with zero attached hydrogens (tertiary/aromatic N) is 3. The molecule has 3 aromatic rings. The van der Waals surface area contributed by atoms with Gasteiger partial charge < -0.3 is 29.6 Å². The predicted octanol–water partition coefficient (Wildman–Crippen LogP) is 2.88. The second kappa shape index (κ2) is 11.5. The summed E-state index contributed by atoms with van der Waals surface area (Å²) < 4.78 is 22.2. The lowest BCUT2D eigenvalue weighted by Gasteiger charge is -2.26. The van der Waals surface area contributed by atoms with Crippen molar-refractivity contribution in [2.24, 2.45) is 0 Å². The second-order valence-corrected chi connectivity index (χ2v) is 7.59. The van der Waals surface area contributed by atoms with Gasteiger partial charge in [-0.1, -0.05) is 18.2 Å². The molecular weight excluding hydrogens is 422 g/mol. The number of methoxy groups -OCH3 is 2. The molecule has 0 aliphatic carbocycles. The molecule has 1 aromatic heterocycles. The summed E-state index contributed by atoms with van der Waals surface area (Å²) in [5, 5.41) is 7.60. The van der Waals surface area contributed by atoms with E-state index in [1.807, 2.05) is 42.5 Å². The van der Waals surface area contributed by atoms with Crippen LogP contribution in [0.3, 0.4) is 0 Å². The zero-order valence-electron chi connectivity index (χ0n) is 19.2. The highest BCUT2D eigenvalue weighted by Crippen LogP contribution is 2.34. The van der Waals surface area contributed by atoms with Crippen LogP contribution in [0.15, 0.2) is 42.5 Å². The molecule has 2 heterocycles. The van der Waals surface area contributed by atoms with Crippen molar-refractivity contribution in [2.75, 3.05) is 77.4 Å². The molecule has 9 heteroatoms. The van der Waals surface area contributed by atoms with E-state index in [0.29, 0.717) is 36.4 Å². The number of hydrogen-bond donors (Lipinski definition) is 2. The summed E-state index contributed by atoms with van der Waals surface area (Å²) in [6.45, 7) is 6.21. The number of rotatable bonds is 11. The number of morpholine rings is 1. The molecule has 0 unspecified atom stereocenters. The number of para-hydroxylation sites is 1. The average Bonchev–Trinajstić information content (AvgIpc) is 2.87. The number of anilines is 2. The Bertz CT molecular complexity index is 1030. The number of aromatic nitrogens is 2. The largest absolute Gasteiger partial charge is 0.493 e. The van der Waals surface area contributed by atoms with E-state index in [0.717, 1.165) is 56.0 Å². The maximum Gasteiger partial charge on any atom is 0.225 e. The van der Waals surface area contributed by atoms with E-state index in [2.05, 4.69) is 15.5 Å². The summed E-state index contributed by atoms with van der Waals surface area (Å²) in [7, 11) is 3.24. The van der Waals surface area contributed by atoms with E-state index < -0.39 is 0 Å². The number of ether oxygens (including phenoxy) is 4. The smallest absolute Gasteiger partial charge is 0.225 e. The van der Waals surface area contributed by atoms with Gasteiger partial charge in [0.2, 0.25) is 5.95 Å². The van der Waals surface area contributed by atoms with Crippen molar-refractivity contribution >= 4 is 22.7 Å². The first kappa shape index (κ1) is 22.9. The SMILES string of the molecule is COc1cc2nc(NCCN3CCOCC3)nc(NCCOc3ccccc3)c2cc1OC. The van der Waals surface area contributed by atoms with Crippen LogP contribution in [0.4, 0.5) is 11.8 Å². The van der Waals surface area contributed by atoms with E-state index in [-0.39, 0.29) is 0 Å². The molecular formula is C24H31N5O4. The zero-order chi connectivity index (χ0) is 22.9. The third-order valence-corrected chi connectivity index (χ3v) is 5.42. The molecule has 2 N–H and O–H groups in total. The van der Waals surface area contributed by atoms with Crippen molar-refractivity contribution < 1.29 is 18.9 Å². The van der Waals surface area contributed by atoms with Gasteiger partial charge in [-0.2, -0.15) is 4.98 Å². The highest BCUT2D eigenvalue weighted by molar-refractivity contribution is 5.92. The van der Waals surface area contributed by atoms with Gasteiger partial charge >= 0.3 is 0 Å². The van der Waals surface area contributed by atoms with Crippen LogP contribution in [-0.2, 0) is 4.74 Å². The van der Waals surface area contributed by atoms with E-state index in [9.17, 15) is 0 Å². The molecule has 0 radical (unpaired) electrons. The Morgan fingerprint density at radius 3 is 2.45 bits per heavy atom. The first-order valence-corrected chi connectivity index (χ1v) is 11.2. The van der Waals surface area contributed by atoms with Crippen molar-refractivity contribution in [3.8, 4) is 17.2 Å². The third-order valence-electron chi connectivity index (χ3n) is 5.42. The van der Waals surface area contributed by atoms with Crippen molar-refractivity contribution in [3.05, 3.63) is 42.5 Å². The van der Waals surface area contributed by atoms with Crippen LogP contribution in [0.25, 0.3) is 10.9 Å². The van der Waals surface area contributed by atoms with E-state index in [1.54, 1.807) is 14.2 Å². The van der Waals surface area contributed by atoms with Crippen LogP contribution in [-0.4, -0.2) is 81.6 Å². The molecule has 4 rings (SSSR count). The van der Waals surface area contributed by atoms with Gasteiger partial charge in [0, 0.05) is 37.6 Å². The minimum absolute atomic E-state index is 0.503. The molecule has 2 aromatic carbocycles. The van der Waals surface area contributed by atoms with Crippen molar-refractivity contribution in [1.82, 2.24) is 14.9 Å². The maximum atomic E-state index is 5.80. The van der Waals surface area contributed by atoms with Crippen LogP contribution in [0.2, 0.25) is 0 Å². The van der Waals surface area contributed by atoms with Crippen LogP contribution in [0, 0.1) is 0 Å². The highest BCUT2D eigenvalue weighted by atomic mass is 16.5. The maximum absolute atomic E-state index is 5.80. The highest BCUT2D eigenvalue weighted by Gasteiger charge is 2.14. The normalized spacial score (nSPS) is 14.1. The summed E-state index contributed by atoms with van der Waals surface area (Å²) in [5.74, 6) is 3.37. The molecule has 0 atom stereocenters. The molecule has 1 saturated heterocycles. The van der Waals surface area contributed by atoms with Crippen LogP contribution < -0.4 is 24.8 Å². The standard InChI is InChI=1S/C24H31N5O4/c1-30-21-16-19-20(17-22(21)31-2)27-24(26-8-10-29-11-14-32-15-12-29)28-23(19)25-9-13-33-18-6-4-3-5-7-18/h3-7,16-17H,8-15H2,1-2H3,(H2,25,26,27,28). The van der Waals surface area contributed by atoms with Gasteiger partial charge in [0.05, 0.1) is 39.5 Å². The number of benzene rings is 2. The molecule has 0 saturated carbocycles. The Balaban J connectivity index is 1.48. The summed E-state index contributed by atoms with van der Waals surface area (Å²) in [6, 6.07) is 13.5. The Labute approximate surface area is 194 Å².